The molecule has 0 bridgehead atoms. The summed E-state index contributed by atoms with van der Waals surface area (Å²) in [5.41, 5.74) is 2.41. The monoisotopic (exact) mass is 619 g/mol. The summed E-state index contributed by atoms with van der Waals surface area (Å²) in [5.74, 6) is 0.603. The number of rotatable bonds is 8. The molecule has 10 nitrogen and oxygen atoms in total. The average Bonchev–Trinajstić information content (AvgIpc) is 2.98. The molecule has 44 heavy (non-hydrogen) atoms. The fraction of sp³-hybridized carbons (Fsp3) is 0.344. The molecular weight excluding hydrogens is 585 g/mol. The van der Waals surface area contributed by atoms with E-state index in [0.29, 0.717) is 60.0 Å². The molecule has 0 aliphatic carbocycles. The molecule has 1 fully saturated rings. The van der Waals surface area contributed by atoms with Gasteiger partial charge in [-0.05, 0) is 68.2 Å². The smallest absolute Gasteiger partial charge is 0.355 e. The number of nitrogens with one attached hydrogen (secondary N) is 1. The number of hydrogen-bond acceptors (Lipinski definition) is 8. The first-order chi connectivity index (χ1) is 21.0. The molecule has 230 valence electrons. The summed E-state index contributed by atoms with van der Waals surface area (Å²) < 4.78 is 21.6. The van der Waals surface area contributed by atoms with Crippen LogP contribution in [0.3, 0.4) is 0 Å². The zero-order valence-corrected chi connectivity index (χ0v) is 26.2. The summed E-state index contributed by atoms with van der Waals surface area (Å²) in [6, 6.07) is 7.80. The van der Waals surface area contributed by atoms with E-state index in [1.807, 2.05) is 24.8 Å². The molecule has 4 heterocycles. The zero-order chi connectivity index (χ0) is 31.7. The van der Waals surface area contributed by atoms with Gasteiger partial charge in [0.15, 0.2) is 17.2 Å². The maximum absolute atomic E-state index is 14.3. The van der Waals surface area contributed by atoms with E-state index in [1.165, 1.54) is 29.9 Å². The van der Waals surface area contributed by atoms with Crippen LogP contribution < -0.4 is 20.6 Å². The number of carbonyl (C=O) groups is 1. The number of anilines is 3. The molecular formula is C32H35ClFN7O3. The highest BCUT2D eigenvalue weighted by molar-refractivity contribution is 6.30. The van der Waals surface area contributed by atoms with Crippen LogP contribution in [0.1, 0.15) is 32.0 Å². The van der Waals surface area contributed by atoms with Gasteiger partial charge < -0.3 is 19.9 Å². The van der Waals surface area contributed by atoms with Gasteiger partial charge in [-0.2, -0.15) is 4.98 Å². The number of benzene rings is 1. The Morgan fingerprint density at radius 1 is 1.25 bits per heavy atom. The third-order valence-corrected chi connectivity index (χ3v) is 7.93. The number of piperazine rings is 1. The van der Waals surface area contributed by atoms with Crippen molar-refractivity contribution in [3.8, 4) is 11.4 Å². The Bertz CT molecular complexity index is 1810. The minimum atomic E-state index is -0.591. The lowest BCUT2D eigenvalue weighted by Gasteiger charge is -2.40. The first-order valence-corrected chi connectivity index (χ1v) is 14.8. The van der Waals surface area contributed by atoms with E-state index in [2.05, 4.69) is 35.7 Å². The topological polar surface area (TPSA) is 105 Å². The second-order valence-corrected chi connectivity index (χ2v) is 11.7. The second-order valence-electron chi connectivity index (χ2n) is 11.3. The normalized spacial score (nSPS) is 15.1. The Hall–Kier alpha value is -4.51. The number of carbonyl (C=O) groups excluding carboxylic acids is 1. The largest absolute Gasteiger partial charge is 0.493 e. The van der Waals surface area contributed by atoms with Crippen LogP contribution in [0.4, 0.5) is 21.7 Å². The molecule has 0 radical (unpaired) electrons. The molecule has 0 spiro atoms. The fourth-order valence-electron chi connectivity index (χ4n) is 5.54. The Morgan fingerprint density at radius 3 is 2.68 bits per heavy atom. The van der Waals surface area contributed by atoms with E-state index in [9.17, 15) is 14.0 Å². The van der Waals surface area contributed by atoms with Gasteiger partial charge >= 0.3 is 5.69 Å². The predicted octanol–water partition coefficient (Wildman–Crippen LogP) is 5.45. The lowest BCUT2D eigenvalue weighted by Crippen LogP contribution is -2.54. The maximum atomic E-state index is 14.3. The summed E-state index contributed by atoms with van der Waals surface area (Å²) in [4.78, 5) is 44.3. The van der Waals surface area contributed by atoms with Gasteiger partial charge in [0.1, 0.15) is 11.6 Å². The number of halogens is 2. The van der Waals surface area contributed by atoms with E-state index in [0.717, 1.165) is 11.3 Å². The SMILES string of the molecule is C=CC(=O)N1CCN(c2nc(=O)n(-c3c(C)ccnc3CC(C)C)c3nc(Nc4ccc(Cl)c(F)c4)c(OC)cc23)[C@@H](C)C1. The summed E-state index contributed by atoms with van der Waals surface area (Å²) in [6.45, 7) is 13.0. The van der Waals surface area contributed by atoms with Crippen molar-refractivity contribution in [2.75, 3.05) is 37.0 Å². The van der Waals surface area contributed by atoms with Crippen molar-refractivity contribution in [2.45, 2.75) is 40.2 Å². The van der Waals surface area contributed by atoms with Gasteiger partial charge in [-0.3, -0.25) is 9.78 Å². The molecule has 3 aromatic heterocycles. The standard InChI is InChI=1S/C32H35ClFN7O3/c1-7-27(42)39-12-13-40(20(5)17-39)30-22-16-26(44-6)29(36-21-8-9-23(33)24(34)15-21)37-31(22)41(32(43)38-30)28-19(4)10-11-35-25(28)14-18(2)3/h7-11,15-16,18,20H,1,12-14,17H2,2-6H3,(H,36,37)/t20-/m0/s1. The van der Waals surface area contributed by atoms with E-state index < -0.39 is 11.5 Å². The number of hydrogen-bond donors (Lipinski definition) is 1. The van der Waals surface area contributed by atoms with E-state index in [-0.39, 0.29) is 28.7 Å². The number of aromatic nitrogens is 4. The molecule has 12 heteroatoms. The number of nitrogens with zero attached hydrogens (tertiary/aromatic N) is 6. The number of fused-ring (bicyclic) bond motifs is 1. The fourth-order valence-corrected chi connectivity index (χ4v) is 5.66. The van der Waals surface area contributed by atoms with Gasteiger partial charge in [0, 0.05) is 37.6 Å². The van der Waals surface area contributed by atoms with Gasteiger partial charge in [-0.15, -0.1) is 0 Å². The van der Waals surface area contributed by atoms with Crippen LogP contribution in [0.15, 0.2) is 54.0 Å². The first-order valence-electron chi connectivity index (χ1n) is 14.4. The summed E-state index contributed by atoms with van der Waals surface area (Å²) in [6.07, 6.45) is 3.67. The van der Waals surface area contributed by atoms with Crippen LogP contribution >= 0.6 is 11.6 Å². The maximum Gasteiger partial charge on any atom is 0.355 e. The van der Waals surface area contributed by atoms with Gasteiger partial charge in [0.25, 0.3) is 0 Å². The van der Waals surface area contributed by atoms with Crippen molar-refractivity contribution in [3.63, 3.8) is 0 Å². The van der Waals surface area contributed by atoms with Crippen LogP contribution in [0, 0.1) is 18.7 Å². The van der Waals surface area contributed by atoms with Crippen LogP contribution in [-0.2, 0) is 11.2 Å². The zero-order valence-electron chi connectivity index (χ0n) is 25.4. The van der Waals surface area contributed by atoms with E-state index >= 15 is 0 Å². The van der Waals surface area contributed by atoms with Crippen molar-refractivity contribution in [1.82, 2.24) is 24.4 Å². The highest BCUT2D eigenvalue weighted by Crippen LogP contribution is 2.36. The van der Waals surface area contributed by atoms with Crippen LogP contribution in [0.5, 0.6) is 5.75 Å². The van der Waals surface area contributed by atoms with Crippen LogP contribution in [-0.4, -0.2) is 63.1 Å². The summed E-state index contributed by atoms with van der Waals surface area (Å²) >= 11 is 5.90. The Labute approximate surface area is 260 Å². The highest BCUT2D eigenvalue weighted by Gasteiger charge is 2.30. The molecule has 1 aliphatic rings. The van der Waals surface area contributed by atoms with Crippen molar-refractivity contribution in [1.29, 1.82) is 0 Å². The number of aryl methyl sites for hydroxylation is 1. The second kappa shape index (κ2) is 12.6. The van der Waals surface area contributed by atoms with E-state index in [1.54, 1.807) is 23.2 Å². The Kier molecular flexibility index (Phi) is 8.87. The Morgan fingerprint density at radius 2 is 2.02 bits per heavy atom. The molecule has 1 saturated heterocycles. The number of pyridine rings is 2. The number of methoxy groups -OCH3 is 1. The molecule has 1 atom stereocenters. The van der Waals surface area contributed by atoms with Gasteiger partial charge in [0.05, 0.1) is 28.9 Å². The van der Waals surface area contributed by atoms with E-state index in [4.69, 9.17) is 21.3 Å². The summed E-state index contributed by atoms with van der Waals surface area (Å²) in [7, 11) is 1.51. The quantitative estimate of drug-likeness (QED) is 0.260. The molecule has 4 aromatic rings. The summed E-state index contributed by atoms with van der Waals surface area (Å²) in [5, 5.41) is 3.69. The molecule has 1 N–H and O–H groups in total. The van der Waals surface area contributed by atoms with Crippen molar-refractivity contribution in [3.05, 3.63) is 81.8 Å². The van der Waals surface area contributed by atoms with Crippen molar-refractivity contribution < 1.29 is 13.9 Å². The van der Waals surface area contributed by atoms with Gasteiger partial charge in [-0.1, -0.05) is 32.0 Å². The molecule has 0 unspecified atom stereocenters. The van der Waals surface area contributed by atoms with Crippen LogP contribution in [0.2, 0.25) is 5.02 Å². The lowest BCUT2D eigenvalue weighted by molar-refractivity contribution is -0.126. The first kappa shape index (κ1) is 30.9. The molecule has 1 aliphatic heterocycles. The van der Waals surface area contributed by atoms with Crippen molar-refractivity contribution >= 4 is 45.9 Å². The highest BCUT2D eigenvalue weighted by atomic mass is 35.5. The lowest BCUT2D eigenvalue weighted by atomic mass is 10.0. The third-order valence-electron chi connectivity index (χ3n) is 7.63. The Balaban J connectivity index is 1.76. The van der Waals surface area contributed by atoms with Gasteiger partial charge in [0.2, 0.25) is 5.91 Å². The molecule has 1 aromatic carbocycles. The molecule has 1 amide bonds. The molecule has 0 saturated carbocycles. The number of amides is 1. The average molecular weight is 620 g/mol. The minimum Gasteiger partial charge on any atom is -0.493 e. The minimum absolute atomic E-state index is 0.00715. The van der Waals surface area contributed by atoms with Crippen LogP contribution in [0.25, 0.3) is 16.7 Å². The van der Waals surface area contributed by atoms with Crippen molar-refractivity contribution in [2.24, 2.45) is 5.92 Å². The molecule has 5 rings (SSSR count). The predicted molar refractivity (Wildman–Crippen MR) is 171 cm³/mol. The van der Waals surface area contributed by atoms with Gasteiger partial charge in [-0.25, -0.2) is 18.7 Å². The third kappa shape index (κ3) is 5.96. The number of ether oxygens (including phenoxy) is 1.